The summed E-state index contributed by atoms with van der Waals surface area (Å²) in [6.45, 7) is 1.79. The summed E-state index contributed by atoms with van der Waals surface area (Å²) in [6.07, 6.45) is 0.844. The Labute approximate surface area is 194 Å². The number of anilines is 1. The topological polar surface area (TPSA) is 109 Å². The molecule has 2 rings (SSSR count). The average molecular weight is 507 g/mol. The number of aryl methyl sites for hydroxylation is 1. The number of thiocarbonyl (C=S) groups is 1. The van der Waals surface area contributed by atoms with Crippen LogP contribution in [-0.4, -0.2) is 29.4 Å². The van der Waals surface area contributed by atoms with Gasteiger partial charge in [0.1, 0.15) is 5.75 Å². The molecule has 164 valence electrons. The van der Waals surface area contributed by atoms with Crippen molar-refractivity contribution in [1.29, 1.82) is 0 Å². The number of amides is 3. The second-order valence-electron chi connectivity index (χ2n) is 6.37. The van der Waals surface area contributed by atoms with E-state index in [1.165, 1.54) is 0 Å². The molecule has 0 bridgehead atoms. The lowest BCUT2D eigenvalue weighted by molar-refractivity contribution is -0.125. The van der Waals surface area contributed by atoms with E-state index >= 15 is 0 Å². The molecule has 0 spiro atoms. The van der Waals surface area contributed by atoms with Gasteiger partial charge in [-0.3, -0.25) is 30.6 Å². The van der Waals surface area contributed by atoms with Crippen LogP contribution in [0.2, 0.25) is 0 Å². The first kappa shape index (κ1) is 24.3. The maximum absolute atomic E-state index is 11.9. The second-order valence-corrected chi connectivity index (χ2v) is 7.63. The maximum Gasteiger partial charge on any atom is 0.264 e. The molecule has 0 aliphatic carbocycles. The van der Waals surface area contributed by atoms with E-state index in [-0.39, 0.29) is 30.5 Å². The van der Waals surface area contributed by atoms with Gasteiger partial charge >= 0.3 is 0 Å². The lowest BCUT2D eigenvalue weighted by Gasteiger charge is -2.12. The van der Waals surface area contributed by atoms with Gasteiger partial charge in [-0.15, -0.1) is 0 Å². The van der Waals surface area contributed by atoms with E-state index in [9.17, 15) is 14.4 Å². The minimum absolute atomic E-state index is 0.00106. The van der Waals surface area contributed by atoms with E-state index in [2.05, 4.69) is 37.4 Å². The Morgan fingerprint density at radius 3 is 2.35 bits per heavy atom. The van der Waals surface area contributed by atoms with Crippen molar-refractivity contribution in [2.75, 3.05) is 11.9 Å². The zero-order chi connectivity index (χ0) is 22.6. The number of carbonyl (C=O) groups excluding carboxylic acids is 3. The standard InChI is InChI=1S/C21H23BrN4O4S/c1-2-14-8-9-17(16(22)12-14)30-13-20(29)24-21(31)26-25-19(28)11-10-18(27)23-15-6-4-3-5-7-15/h3-9,12H,2,10-11,13H2,1H3,(H,23,27)(H,25,28)(H2,24,26,29,31). The van der Waals surface area contributed by atoms with Crippen LogP contribution >= 0.6 is 28.1 Å². The molecule has 2 aromatic rings. The van der Waals surface area contributed by atoms with E-state index in [1.807, 2.05) is 25.1 Å². The van der Waals surface area contributed by atoms with Gasteiger partial charge in [0, 0.05) is 18.5 Å². The first-order valence-corrected chi connectivity index (χ1v) is 10.7. The van der Waals surface area contributed by atoms with Crippen LogP contribution in [0.1, 0.15) is 25.3 Å². The number of carbonyl (C=O) groups is 3. The van der Waals surface area contributed by atoms with Crippen LogP contribution in [0.3, 0.4) is 0 Å². The first-order valence-electron chi connectivity index (χ1n) is 9.52. The van der Waals surface area contributed by atoms with Gasteiger partial charge in [-0.05, 0) is 64.4 Å². The highest BCUT2D eigenvalue weighted by molar-refractivity contribution is 9.10. The summed E-state index contributed by atoms with van der Waals surface area (Å²) in [5.74, 6) is -0.683. The Balaban J connectivity index is 1.63. The highest BCUT2D eigenvalue weighted by Gasteiger charge is 2.10. The zero-order valence-corrected chi connectivity index (χ0v) is 19.3. The molecule has 8 nitrogen and oxygen atoms in total. The third-order valence-electron chi connectivity index (χ3n) is 3.97. The number of halogens is 1. The van der Waals surface area contributed by atoms with Crippen LogP contribution in [0.15, 0.2) is 53.0 Å². The first-order chi connectivity index (χ1) is 14.9. The highest BCUT2D eigenvalue weighted by atomic mass is 79.9. The number of hydrogen-bond acceptors (Lipinski definition) is 5. The van der Waals surface area contributed by atoms with Gasteiger partial charge in [-0.25, -0.2) is 0 Å². The molecular weight excluding hydrogens is 484 g/mol. The number of ether oxygens (including phenoxy) is 1. The zero-order valence-electron chi connectivity index (χ0n) is 16.9. The second kappa shape index (κ2) is 12.7. The molecule has 10 heteroatoms. The fraction of sp³-hybridized carbons (Fsp3) is 0.238. The summed E-state index contributed by atoms with van der Waals surface area (Å²) < 4.78 is 6.21. The molecule has 0 aliphatic heterocycles. The van der Waals surface area contributed by atoms with E-state index in [0.29, 0.717) is 11.4 Å². The van der Waals surface area contributed by atoms with Crippen molar-refractivity contribution < 1.29 is 19.1 Å². The summed E-state index contributed by atoms with van der Waals surface area (Å²) >= 11 is 8.36. The molecule has 0 saturated carbocycles. The minimum Gasteiger partial charge on any atom is -0.483 e. The van der Waals surface area contributed by atoms with Gasteiger partial charge < -0.3 is 10.1 Å². The largest absolute Gasteiger partial charge is 0.483 e. The normalized spacial score (nSPS) is 10.0. The third kappa shape index (κ3) is 9.14. The van der Waals surface area contributed by atoms with E-state index in [0.717, 1.165) is 16.5 Å². The van der Waals surface area contributed by atoms with Crippen molar-refractivity contribution >= 4 is 56.7 Å². The van der Waals surface area contributed by atoms with Crippen LogP contribution < -0.4 is 26.2 Å². The molecule has 0 radical (unpaired) electrons. The van der Waals surface area contributed by atoms with Crippen molar-refractivity contribution in [3.05, 3.63) is 58.6 Å². The Morgan fingerprint density at radius 2 is 1.68 bits per heavy atom. The third-order valence-corrected chi connectivity index (χ3v) is 4.79. The predicted molar refractivity (Wildman–Crippen MR) is 125 cm³/mol. The molecule has 0 atom stereocenters. The van der Waals surface area contributed by atoms with E-state index in [1.54, 1.807) is 30.3 Å². The van der Waals surface area contributed by atoms with Gasteiger partial charge in [0.05, 0.1) is 4.47 Å². The molecule has 0 heterocycles. The van der Waals surface area contributed by atoms with Crippen LogP contribution in [-0.2, 0) is 20.8 Å². The van der Waals surface area contributed by atoms with Crippen LogP contribution in [0.25, 0.3) is 0 Å². The quantitative estimate of drug-likeness (QED) is 0.323. The van der Waals surface area contributed by atoms with Crippen molar-refractivity contribution in [1.82, 2.24) is 16.2 Å². The molecule has 0 aliphatic rings. The van der Waals surface area contributed by atoms with Crippen LogP contribution in [0.4, 0.5) is 5.69 Å². The van der Waals surface area contributed by atoms with Crippen LogP contribution in [0.5, 0.6) is 5.75 Å². The SMILES string of the molecule is CCc1ccc(OCC(=O)NC(=S)NNC(=O)CCC(=O)Nc2ccccc2)c(Br)c1. The summed E-state index contributed by atoms with van der Waals surface area (Å²) in [6, 6.07) is 14.6. The lowest BCUT2D eigenvalue weighted by Crippen LogP contribution is -2.49. The van der Waals surface area contributed by atoms with Crippen molar-refractivity contribution in [3.63, 3.8) is 0 Å². The summed E-state index contributed by atoms with van der Waals surface area (Å²) in [5, 5.41) is 4.99. The molecule has 0 unspecified atom stereocenters. The van der Waals surface area contributed by atoms with Crippen molar-refractivity contribution in [2.45, 2.75) is 26.2 Å². The lowest BCUT2D eigenvalue weighted by atomic mass is 10.2. The summed E-state index contributed by atoms with van der Waals surface area (Å²) in [4.78, 5) is 35.6. The monoisotopic (exact) mass is 506 g/mol. The van der Waals surface area contributed by atoms with E-state index < -0.39 is 11.8 Å². The number of hydrogen-bond donors (Lipinski definition) is 4. The fourth-order valence-corrected chi connectivity index (χ4v) is 3.09. The molecule has 31 heavy (non-hydrogen) atoms. The number of nitrogens with one attached hydrogen (secondary N) is 4. The van der Waals surface area contributed by atoms with Gasteiger partial charge in [-0.1, -0.05) is 31.2 Å². The Hall–Kier alpha value is -2.98. The molecular formula is C21H23BrN4O4S. The van der Waals surface area contributed by atoms with Crippen LogP contribution in [0, 0.1) is 0 Å². The van der Waals surface area contributed by atoms with Gasteiger partial charge in [0.15, 0.2) is 11.7 Å². The number of hydrazine groups is 1. The van der Waals surface area contributed by atoms with Gasteiger partial charge in [0.2, 0.25) is 11.8 Å². The molecule has 0 aromatic heterocycles. The van der Waals surface area contributed by atoms with Gasteiger partial charge in [0.25, 0.3) is 5.91 Å². The van der Waals surface area contributed by atoms with Gasteiger partial charge in [-0.2, -0.15) is 0 Å². The Kier molecular flexibility index (Phi) is 9.92. The maximum atomic E-state index is 11.9. The Bertz CT molecular complexity index is 940. The summed E-state index contributed by atoms with van der Waals surface area (Å²) in [5.41, 5.74) is 6.54. The number of rotatable bonds is 8. The highest BCUT2D eigenvalue weighted by Crippen LogP contribution is 2.26. The number of benzene rings is 2. The number of para-hydroxylation sites is 1. The predicted octanol–water partition coefficient (Wildman–Crippen LogP) is 2.83. The summed E-state index contributed by atoms with van der Waals surface area (Å²) in [7, 11) is 0. The molecule has 4 N–H and O–H groups in total. The minimum atomic E-state index is -0.486. The molecule has 0 fully saturated rings. The fourth-order valence-electron chi connectivity index (χ4n) is 2.38. The molecule has 3 amide bonds. The smallest absolute Gasteiger partial charge is 0.264 e. The van der Waals surface area contributed by atoms with Crippen molar-refractivity contribution in [2.24, 2.45) is 0 Å². The molecule has 2 aromatic carbocycles. The average Bonchev–Trinajstić information content (AvgIpc) is 2.76. The Morgan fingerprint density at radius 1 is 0.968 bits per heavy atom. The van der Waals surface area contributed by atoms with E-state index in [4.69, 9.17) is 17.0 Å². The van der Waals surface area contributed by atoms with Crippen molar-refractivity contribution in [3.8, 4) is 5.75 Å². The molecule has 0 saturated heterocycles.